The highest BCUT2D eigenvalue weighted by molar-refractivity contribution is 5.84. The second-order valence-corrected chi connectivity index (χ2v) is 6.29. The van der Waals surface area contributed by atoms with E-state index in [-0.39, 0.29) is 0 Å². The number of fused-ring (bicyclic) bond motifs is 1. The van der Waals surface area contributed by atoms with Crippen molar-refractivity contribution in [3.8, 4) is 0 Å². The minimum Gasteiger partial charge on any atom is -0.361 e. The van der Waals surface area contributed by atoms with Crippen LogP contribution in [0.25, 0.3) is 10.9 Å². The van der Waals surface area contributed by atoms with Gasteiger partial charge in [0.25, 0.3) is 0 Å². The molecule has 0 radical (unpaired) electrons. The number of guanidine groups is 1. The molecule has 0 aliphatic rings. The Kier molecular flexibility index (Phi) is 5.47. The first kappa shape index (κ1) is 16.4. The predicted octanol–water partition coefficient (Wildman–Crippen LogP) is 3.23. The summed E-state index contributed by atoms with van der Waals surface area (Å²) in [5.41, 5.74) is 3.84. The van der Waals surface area contributed by atoms with Crippen molar-refractivity contribution in [1.29, 1.82) is 0 Å². The molecule has 0 amide bonds. The molecule has 2 aromatic rings. The molecule has 120 valence electrons. The fraction of sp³-hybridized carbons (Fsp3) is 0.500. The zero-order chi connectivity index (χ0) is 16.1. The van der Waals surface area contributed by atoms with Gasteiger partial charge in [0.05, 0.1) is 0 Å². The van der Waals surface area contributed by atoms with Crippen LogP contribution in [0.15, 0.2) is 29.4 Å². The van der Waals surface area contributed by atoms with E-state index in [2.05, 4.69) is 72.7 Å². The van der Waals surface area contributed by atoms with Gasteiger partial charge in [-0.05, 0) is 43.4 Å². The van der Waals surface area contributed by atoms with Crippen LogP contribution >= 0.6 is 0 Å². The van der Waals surface area contributed by atoms with Crippen LogP contribution in [0.2, 0.25) is 0 Å². The summed E-state index contributed by atoms with van der Waals surface area (Å²) in [5.74, 6) is 1.45. The Morgan fingerprint density at radius 3 is 2.73 bits per heavy atom. The summed E-state index contributed by atoms with van der Waals surface area (Å²) < 4.78 is 0. The predicted molar refractivity (Wildman–Crippen MR) is 95.5 cm³/mol. The van der Waals surface area contributed by atoms with E-state index in [0.29, 0.717) is 12.0 Å². The molecule has 3 N–H and O–H groups in total. The lowest BCUT2D eigenvalue weighted by atomic mass is 10.1. The Balaban J connectivity index is 1.92. The number of H-pyrrole nitrogens is 1. The van der Waals surface area contributed by atoms with Gasteiger partial charge >= 0.3 is 0 Å². The second kappa shape index (κ2) is 7.34. The van der Waals surface area contributed by atoms with Crippen LogP contribution in [0.5, 0.6) is 0 Å². The maximum atomic E-state index is 4.29. The Morgan fingerprint density at radius 1 is 1.27 bits per heavy atom. The van der Waals surface area contributed by atoms with E-state index in [9.17, 15) is 0 Å². The zero-order valence-corrected chi connectivity index (χ0v) is 14.3. The number of aromatic amines is 1. The molecule has 1 aromatic carbocycles. The van der Waals surface area contributed by atoms with Crippen LogP contribution in [0, 0.1) is 12.8 Å². The monoisotopic (exact) mass is 300 g/mol. The number of rotatable bonds is 5. The van der Waals surface area contributed by atoms with E-state index >= 15 is 0 Å². The minimum atomic E-state index is 0.405. The van der Waals surface area contributed by atoms with Gasteiger partial charge in [0.1, 0.15) is 0 Å². The molecule has 0 aliphatic heterocycles. The van der Waals surface area contributed by atoms with Crippen molar-refractivity contribution in [2.24, 2.45) is 10.9 Å². The molecule has 0 saturated carbocycles. The summed E-state index contributed by atoms with van der Waals surface area (Å²) in [6.45, 7) is 9.58. The summed E-state index contributed by atoms with van der Waals surface area (Å²) in [5, 5.41) is 8.13. The molecule has 0 spiro atoms. The minimum absolute atomic E-state index is 0.405. The first-order chi connectivity index (χ1) is 10.5. The van der Waals surface area contributed by atoms with Gasteiger partial charge in [0, 0.05) is 36.7 Å². The van der Waals surface area contributed by atoms with Crippen LogP contribution in [-0.2, 0) is 6.42 Å². The molecule has 0 saturated heterocycles. The van der Waals surface area contributed by atoms with E-state index < -0.39 is 0 Å². The summed E-state index contributed by atoms with van der Waals surface area (Å²) in [7, 11) is 1.82. The number of nitrogens with one attached hydrogen (secondary N) is 3. The van der Waals surface area contributed by atoms with Crippen molar-refractivity contribution in [3.05, 3.63) is 35.5 Å². The van der Waals surface area contributed by atoms with Crippen LogP contribution in [-0.4, -0.2) is 30.6 Å². The van der Waals surface area contributed by atoms with Crippen molar-refractivity contribution in [3.63, 3.8) is 0 Å². The number of hydrogen-bond acceptors (Lipinski definition) is 1. The van der Waals surface area contributed by atoms with Gasteiger partial charge in [-0.1, -0.05) is 26.0 Å². The maximum Gasteiger partial charge on any atom is 0.191 e. The molecular weight excluding hydrogens is 272 g/mol. The molecule has 4 heteroatoms. The highest BCUT2D eigenvalue weighted by Gasteiger charge is 2.09. The lowest BCUT2D eigenvalue weighted by Gasteiger charge is -2.20. The van der Waals surface area contributed by atoms with Gasteiger partial charge in [0.15, 0.2) is 5.96 Å². The van der Waals surface area contributed by atoms with Crippen molar-refractivity contribution in [2.75, 3.05) is 13.6 Å². The number of nitrogens with zero attached hydrogens (tertiary/aromatic N) is 1. The summed E-state index contributed by atoms with van der Waals surface area (Å²) in [6.07, 6.45) is 3.08. The van der Waals surface area contributed by atoms with Gasteiger partial charge in [-0.2, -0.15) is 0 Å². The molecule has 0 bridgehead atoms. The fourth-order valence-electron chi connectivity index (χ4n) is 2.40. The average molecular weight is 300 g/mol. The SMILES string of the molecule is CN=C(NCCc1c[nH]c2cc(C)ccc12)NC(C)C(C)C. The highest BCUT2D eigenvalue weighted by atomic mass is 15.2. The normalized spacial score (nSPS) is 13.6. The van der Waals surface area contributed by atoms with Crippen LogP contribution in [0.3, 0.4) is 0 Å². The molecule has 0 aliphatic carbocycles. The second-order valence-electron chi connectivity index (χ2n) is 6.29. The molecule has 0 fully saturated rings. The van der Waals surface area contributed by atoms with Gasteiger partial charge in [0.2, 0.25) is 0 Å². The Hall–Kier alpha value is -1.97. The topological polar surface area (TPSA) is 52.2 Å². The number of aryl methyl sites for hydroxylation is 1. The Labute approximate surface area is 133 Å². The quantitative estimate of drug-likeness (QED) is 0.586. The van der Waals surface area contributed by atoms with E-state index in [0.717, 1.165) is 18.9 Å². The summed E-state index contributed by atoms with van der Waals surface area (Å²) in [4.78, 5) is 7.64. The Morgan fingerprint density at radius 2 is 2.05 bits per heavy atom. The molecule has 1 unspecified atom stereocenters. The van der Waals surface area contributed by atoms with Gasteiger partial charge < -0.3 is 15.6 Å². The van der Waals surface area contributed by atoms with E-state index in [4.69, 9.17) is 0 Å². The fourth-order valence-corrected chi connectivity index (χ4v) is 2.40. The highest BCUT2D eigenvalue weighted by Crippen LogP contribution is 2.19. The first-order valence-electron chi connectivity index (χ1n) is 8.05. The van der Waals surface area contributed by atoms with Crippen molar-refractivity contribution < 1.29 is 0 Å². The average Bonchev–Trinajstić information content (AvgIpc) is 2.88. The largest absolute Gasteiger partial charge is 0.361 e. The number of aromatic nitrogens is 1. The lowest BCUT2D eigenvalue weighted by molar-refractivity contribution is 0.481. The van der Waals surface area contributed by atoms with Crippen molar-refractivity contribution >= 4 is 16.9 Å². The van der Waals surface area contributed by atoms with Crippen molar-refractivity contribution in [1.82, 2.24) is 15.6 Å². The standard InChI is InChI=1S/C18H28N4/c1-12(2)14(4)22-18(19-5)20-9-8-15-11-21-17-10-13(3)6-7-16(15)17/h6-7,10-12,14,21H,8-9H2,1-5H3,(H2,19,20,22). The molecule has 1 atom stereocenters. The maximum absolute atomic E-state index is 4.29. The van der Waals surface area contributed by atoms with E-state index in [1.165, 1.54) is 22.0 Å². The van der Waals surface area contributed by atoms with Crippen LogP contribution in [0.4, 0.5) is 0 Å². The molecule has 1 aromatic heterocycles. The van der Waals surface area contributed by atoms with Gasteiger partial charge in [-0.25, -0.2) is 0 Å². The summed E-state index contributed by atoms with van der Waals surface area (Å²) in [6, 6.07) is 6.96. The number of aliphatic imine (C=N–C) groups is 1. The third-order valence-corrected chi connectivity index (χ3v) is 4.20. The van der Waals surface area contributed by atoms with E-state index in [1.54, 1.807) is 0 Å². The third-order valence-electron chi connectivity index (χ3n) is 4.20. The summed E-state index contributed by atoms with van der Waals surface area (Å²) >= 11 is 0. The first-order valence-corrected chi connectivity index (χ1v) is 8.05. The van der Waals surface area contributed by atoms with Crippen LogP contribution < -0.4 is 10.6 Å². The third kappa shape index (κ3) is 4.03. The van der Waals surface area contributed by atoms with Crippen molar-refractivity contribution in [2.45, 2.75) is 40.2 Å². The number of hydrogen-bond donors (Lipinski definition) is 3. The molecule has 22 heavy (non-hydrogen) atoms. The lowest BCUT2D eigenvalue weighted by Crippen LogP contribution is -2.44. The van der Waals surface area contributed by atoms with E-state index in [1.807, 2.05) is 7.05 Å². The molecule has 1 heterocycles. The van der Waals surface area contributed by atoms with Crippen LogP contribution in [0.1, 0.15) is 31.9 Å². The Bertz CT molecular complexity index is 640. The van der Waals surface area contributed by atoms with Gasteiger partial charge in [-0.15, -0.1) is 0 Å². The number of benzene rings is 1. The van der Waals surface area contributed by atoms with Gasteiger partial charge in [-0.3, -0.25) is 4.99 Å². The smallest absolute Gasteiger partial charge is 0.191 e. The molecule has 2 rings (SSSR count). The zero-order valence-electron chi connectivity index (χ0n) is 14.3. The molecular formula is C18H28N4. The molecule has 4 nitrogen and oxygen atoms in total.